The summed E-state index contributed by atoms with van der Waals surface area (Å²) in [5.74, 6) is 1.96. The molecule has 1 atom stereocenters. The van der Waals surface area contributed by atoms with Crippen molar-refractivity contribution in [3.8, 4) is 11.5 Å². The number of hydrogen-bond acceptors (Lipinski definition) is 8. The molecule has 0 aliphatic heterocycles. The van der Waals surface area contributed by atoms with Crippen LogP contribution in [0.3, 0.4) is 0 Å². The number of hydrogen-bond donors (Lipinski definition) is 0. The van der Waals surface area contributed by atoms with E-state index in [0.717, 1.165) is 45.3 Å². The molecule has 132 valence electrons. The smallest absolute Gasteiger partial charge is 0.283 e. The van der Waals surface area contributed by atoms with Gasteiger partial charge in [0.25, 0.3) is 11.1 Å². The Bertz CT molecular complexity index is 1100. The van der Waals surface area contributed by atoms with E-state index in [9.17, 15) is 0 Å². The average Bonchev–Trinajstić information content (AvgIpc) is 3.32. The Morgan fingerprint density at radius 1 is 1.27 bits per heavy atom. The average molecular weight is 384 g/mol. The molecule has 0 spiro atoms. The van der Waals surface area contributed by atoms with Gasteiger partial charge >= 0.3 is 0 Å². The minimum Gasteiger partial charge on any atom is -0.469 e. The first kappa shape index (κ1) is 16.0. The molecule has 0 radical (unpaired) electrons. The molecule has 1 aliphatic carbocycles. The molecule has 0 saturated carbocycles. The zero-order chi connectivity index (χ0) is 17.7. The van der Waals surface area contributed by atoms with Crippen LogP contribution < -0.4 is 0 Å². The standard InChI is InChI=1S/C18H16N4O2S2/c1-9-3-4-12-13(7-9)25-16-14(12)17(20-8-19-16)26-18-22-21-15(24-18)11-5-6-23-10(11)2/h5-6,8-9H,3-4,7H2,1-2H3. The van der Waals surface area contributed by atoms with Crippen LogP contribution in [0.4, 0.5) is 0 Å². The lowest BCUT2D eigenvalue weighted by Gasteiger charge is -2.17. The van der Waals surface area contributed by atoms with Gasteiger partial charge in [-0.05, 0) is 55.5 Å². The van der Waals surface area contributed by atoms with Crippen molar-refractivity contribution in [2.24, 2.45) is 5.92 Å². The lowest BCUT2D eigenvalue weighted by molar-refractivity contribution is 0.463. The minimum absolute atomic E-state index is 0.463. The van der Waals surface area contributed by atoms with Crippen LogP contribution in [-0.4, -0.2) is 20.2 Å². The van der Waals surface area contributed by atoms with Crippen molar-refractivity contribution < 1.29 is 8.83 Å². The summed E-state index contributed by atoms with van der Waals surface area (Å²) >= 11 is 3.19. The van der Waals surface area contributed by atoms with E-state index in [1.807, 2.05) is 13.0 Å². The highest BCUT2D eigenvalue weighted by molar-refractivity contribution is 7.99. The summed E-state index contributed by atoms with van der Waals surface area (Å²) < 4.78 is 11.1. The van der Waals surface area contributed by atoms with Gasteiger partial charge in [-0.25, -0.2) is 9.97 Å². The fourth-order valence-corrected chi connectivity index (χ4v) is 5.58. The fraction of sp³-hybridized carbons (Fsp3) is 0.333. The van der Waals surface area contributed by atoms with Crippen LogP contribution in [0.5, 0.6) is 0 Å². The molecule has 0 saturated heterocycles. The summed E-state index contributed by atoms with van der Waals surface area (Å²) in [6.07, 6.45) is 6.66. The van der Waals surface area contributed by atoms with Gasteiger partial charge in [0.2, 0.25) is 0 Å². The second-order valence-corrected chi connectivity index (χ2v) is 8.60. The van der Waals surface area contributed by atoms with Crippen LogP contribution >= 0.6 is 23.1 Å². The van der Waals surface area contributed by atoms with Crippen molar-refractivity contribution >= 4 is 33.3 Å². The Balaban J connectivity index is 1.52. The predicted molar refractivity (Wildman–Crippen MR) is 99.5 cm³/mol. The van der Waals surface area contributed by atoms with Gasteiger partial charge in [-0.1, -0.05) is 6.92 Å². The molecule has 4 aromatic rings. The third-order valence-electron chi connectivity index (χ3n) is 4.74. The van der Waals surface area contributed by atoms with Crippen molar-refractivity contribution in [2.75, 3.05) is 0 Å². The second kappa shape index (κ2) is 6.21. The maximum atomic E-state index is 5.82. The van der Waals surface area contributed by atoms with E-state index in [4.69, 9.17) is 8.83 Å². The summed E-state index contributed by atoms with van der Waals surface area (Å²) in [5.41, 5.74) is 2.22. The molecule has 1 unspecified atom stereocenters. The third kappa shape index (κ3) is 2.64. The number of aryl methyl sites for hydroxylation is 2. The number of thiophene rings is 1. The Morgan fingerprint density at radius 2 is 2.19 bits per heavy atom. The highest BCUT2D eigenvalue weighted by atomic mass is 32.2. The van der Waals surface area contributed by atoms with E-state index >= 15 is 0 Å². The maximum Gasteiger partial charge on any atom is 0.283 e. The molecule has 6 nitrogen and oxygen atoms in total. The number of nitrogens with zero attached hydrogens (tertiary/aromatic N) is 4. The summed E-state index contributed by atoms with van der Waals surface area (Å²) in [5, 5.41) is 10.8. The lowest BCUT2D eigenvalue weighted by Crippen LogP contribution is -2.08. The van der Waals surface area contributed by atoms with Crippen molar-refractivity contribution in [3.05, 3.63) is 34.9 Å². The number of fused-ring (bicyclic) bond motifs is 3. The zero-order valence-corrected chi connectivity index (χ0v) is 16.0. The molecule has 0 fully saturated rings. The first-order chi connectivity index (χ1) is 12.7. The first-order valence-electron chi connectivity index (χ1n) is 8.50. The fourth-order valence-electron chi connectivity index (χ4n) is 3.37. The highest BCUT2D eigenvalue weighted by Crippen LogP contribution is 2.42. The Labute approximate surface area is 158 Å². The number of rotatable bonds is 3. The largest absolute Gasteiger partial charge is 0.469 e. The highest BCUT2D eigenvalue weighted by Gasteiger charge is 2.24. The van der Waals surface area contributed by atoms with Gasteiger partial charge in [0, 0.05) is 10.3 Å². The van der Waals surface area contributed by atoms with Crippen LogP contribution in [0, 0.1) is 12.8 Å². The Morgan fingerprint density at radius 3 is 3.04 bits per heavy atom. The molecular formula is C18H16N4O2S2. The van der Waals surface area contributed by atoms with Gasteiger partial charge < -0.3 is 8.83 Å². The maximum absolute atomic E-state index is 5.82. The second-order valence-electron chi connectivity index (χ2n) is 6.58. The van der Waals surface area contributed by atoms with Gasteiger partial charge in [-0.3, -0.25) is 0 Å². The van der Waals surface area contributed by atoms with Crippen LogP contribution in [0.2, 0.25) is 0 Å². The molecule has 0 aromatic carbocycles. The van der Waals surface area contributed by atoms with Crippen molar-refractivity contribution in [2.45, 2.75) is 43.4 Å². The molecule has 4 aromatic heterocycles. The lowest BCUT2D eigenvalue weighted by atomic mass is 9.89. The molecule has 0 amide bonds. The monoisotopic (exact) mass is 384 g/mol. The van der Waals surface area contributed by atoms with E-state index in [1.54, 1.807) is 23.9 Å². The van der Waals surface area contributed by atoms with E-state index < -0.39 is 0 Å². The summed E-state index contributed by atoms with van der Waals surface area (Å²) in [7, 11) is 0. The summed E-state index contributed by atoms with van der Waals surface area (Å²) in [6, 6.07) is 1.83. The Hall–Kier alpha value is -2.19. The van der Waals surface area contributed by atoms with Gasteiger partial charge in [-0.2, -0.15) is 0 Å². The van der Waals surface area contributed by atoms with Gasteiger partial charge in [0.1, 0.15) is 21.9 Å². The van der Waals surface area contributed by atoms with E-state index in [1.165, 1.54) is 28.6 Å². The van der Waals surface area contributed by atoms with Gasteiger partial charge in [0.15, 0.2) is 0 Å². The van der Waals surface area contributed by atoms with Gasteiger partial charge in [-0.15, -0.1) is 21.5 Å². The molecule has 0 N–H and O–H groups in total. The van der Waals surface area contributed by atoms with Crippen LogP contribution in [-0.2, 0) is 12.8 Å². The molecule has 4 heterocycles. The SMILES string of the molecule is Cc1occc1-c1nnc(Sc2ncnc3sc4c(c23)CCC(C)C4)o1. The molecule has 5 rings (SSSR count). The van der Waals surface area contributed by atoms with Crippen molar-refractivity contribution in [1.82, 2.24) is 20.2 Å². The molecular weight excluding hydrogens is 368 g/mol. The normalized spacial score (nSPS) is 16.9. The van der Waals surface area contributed by atoms with Gasteiger partial charge in [0.05, 0.1) is 11.8 Å². The van der Waals surface area contributed by atoms with E-state index in [-0.39, 0.29) is 0 Å². The summed E-state index contributed by atoms with van der Waals surface area (Å²) in [6.45, 7) is 4.19. The Kier molecular flexibility index (Phi) is 3.82. The van der Waals surface area contributed by atoms with Crippen LogP contribution in [0.15, 0.2) is 37.7 Å². The predicted octanol–water partition coefficient (Wildman–Crippen LogP) is 4.92. The van der Waals surface area contributed by atoms with E-state index in [2.05, 4.69) is 27.1 Å². The molecule has 0 bridgehead atoms. The van der Waals surface area contributed by atoms with Crippen molar-refractivity contribution in [3.63, 3.8) is 0 Å². The van der Waals surface area contributed by atoms with E-state index in [0.29, 0.717) is 11.1 Å². The zero-order valence-electron chi connectivity index (χ0n) is 14.4. The molecule has 26 heavy (non-hydrogen) atoms. The summed E-state index contributed by atoms with van der Waals surface area (Å²) in [4.78, 5) is 11.5. The van der Waals surface area contributed by atoms with Crippen LogP contribution in [0.25, 0.3) is 21.7 Å². The molecule has 8 heteroatoms. The topological polar surface area (TPSA) is 77.8 Å². The minimum atomic E-state index is 0.463. The number of aromatic nitrogens is 4. The quantitative estimate of drug-likeness (QED) is 0.464. The molecule has 1 aliphatic rings. The van der Waals surface area contributed by atoms with Crippen LogP contribution in [0.1, 0.15) is 29.5 Å². The first-order valence-corrected chi connectivity index (χ1v) is 10.1. The number of furan rings is 1. The third-order valence-corrected chi connectivity index (χ3v) is 6.74. The van der Waals surface area contributed by atoms with Crippen molar-refractivity contribution in [1.29, 1.82) is 0 Å².